The molecule has 2 aliphatic heterocycles. The van der Waals surface area contributed by atoms with Gasteiger partial charge < -0.3 is 20.3 Å². The van der Waals surface area contributed by atoms with Crippen LogP contribution in [-0.4, -0.2) is 71.1 Å². The Kier molecular flexibility index (Phi) is 9.41. The Labute approximate surface area is 247 Å². The minimum Gasteiger partial charge on any atom is -0.379 e. The fraction of sp³-hybridized carbons (Fsp3) is 0.355. The van der Waals surface area contributed by atoms with E-state index >= 15 is 0 Å². The molecule has 2 aliphatic rings. The van der Waals surface area contributed by atoms with Crippen LogP contribution in [0.5, 0.6) is 0 Å². The molecule has 5 rings (SSSR count). The highest BCUT2D eigenvalue weighted by molar-refractivity contribution is 7.92. The van der Waals surface area contributed by atoms with Gasteiger partial charge in [0.2, 0.25) is 5.91 Å². The van der Waals surface area contributed by atoms with Crippen LogP contribution < -0.4 is 20.3 Å². The van der Waals surface area contributed by atoms with E-state index < -0.39 is 10.0 Å². The zero-order chi connectivity index (χ0) is 29.5. The third-order valence-corrected chi connectivity index (χ3v) is 8.89. The number of anilines is 3. The van der Waals surface area contributed by atoms with Crippen molar-refractivity contribution in [3.63, 3.8) is 0 Å². The van der Waals surface area contributed by atoms with Crippen molar-refractivity contribution in [3.8, 4) is 0 Å². The fourth-order valence-corrected chi connectivity index (χ4v) is 6.37. The van der Waals surface area contributed by atoms with E-state index in [1.807, 2.05) is 18.2 Å². The molecule has 2 heterocycles. The molecule has 3 aromatic rings. The first-order valence-corrected chi connectivity index (χ1v) is 15.7. The van der Waals surface area contributed by atoms with Gasteiger partial charge in [0.05, 0.1) is 23.7 Å². The van der Waals surface area contributed by atoms with Crippen molar-refractivity contribution in [1.82, 2.24) is 10.2 Å². The van der Waals surface area contributed by atoms with Gasteiger partial charge in [0.25, 0.3) is 15.9 Å². The summed E-state index contributed by atoms with van der Waals surface area (Å²) in [6.45, 7) is 7.44. The third-order valence-electron chi connectivity index (χ3n) is 7.49. The highest BCUT2D eigenvalue weighted by atomic mass is 32.2. The molecule has 1 saturated heterocycles. The summed E-state index contributed by atoms with van der Waals surface area (Å²) in [6.07, 6.45) is 1.67. The van der Waals surface area contributed by atoms with Crippen molar-refractivity contribution in [2.45, 2.75) is 31.2 Å². The average molecular weight is 592 g/mol. The Balaban J connectivity index is 1.34. The zero-order valence-corrected chi connectivity index (χ0v) is 24.6. The molecule has 11 heteroatoms. The van der Waals surface area contributed by atoms with Crippen LogP contribution in [0.2, 0.25) is 0 Å². The van der Waals surface area contributed by atoms with Crippen LogP contribution in [-0.2, 0) is 32.5 Å². The number of carbonyl (C=O) groups excluding carboxylic acids is 2. The first-order valence-electron chi connectivity index (χ1n) is 14.2. The molecule has 42 heavy (non-hydrogen) atoms. The van der Waals surface area contributed by atoms with E-state index in [2.05, 4.69) is 37.3 Å². The van der Waals surface area contributed by atoms with Gasteiger partial charge in [-0.15, -0.1) is 0 Å². The molecule has 1 fully saturated rings. The van der Waals surface area contributed by atoms with Gasteiger partial charge in [0, 0.05) is 56.7 Å². The maximum Gasteiger partial charge on any atom is 0.261 e. The van der Waals surface area contributed by atoms with Gasteiger partial charge in [-0.05, 0) is 73.0 Å². The predicted octanol–water partition coefficient (Wildman–Crippen LogP) is 3.46. The number of fused-ring (bicyclic) bond motifs is 1. The van der Waals surface area contributed by atoms with Crippen LogP contribution in [0.3, 0.4) is 0 Å². The minimum atomic E-state index is -3.94. The number of amides is 2. The van der Waals surface area contributed by atoms with E-state index in [-0.39, 0.29) is 16.7 Å². The Bertz CT molecular complexity index is 1520. The molecule has 2 amide bonds. The zero-order valence-electron chi connectivity index (χ0n) is 23.8. The molecule has 0 aliphatic carbocycles. The maximum absolute atomic E-state index is 13.5. The van der Waals surface area contributed by atoms with E-state index in [0.717, 1.165) is 57.9 Å². The highest BCUT2D eigenvalue weighted by Gasteiger charge is 2.23. The molecule has 222 valence electrons. The lowest BCUT2D eigenvalue weighted by atomic mass is 9.98. The van der Waals surface area contributed by atoms with Gasteiger partial charge >= 0.3 is 0 Å². The number of hydrogen-bond donors (Lipinski definition) is 3. The van der Waals surface area contributed by atoms with Crippen molar-refractivity contribution in [2.24, 2.45) is 0 Å². The van der Waals surface area contributed by atoms with E-state index in [4.69, 9.17) is 4.74 Å². The predicted molar refractivity (Wildman–Crippen MR) is 163 cm³/mol. The lowest BCUT2D eigenvalue weighted by Crippen LogP contribution is -2.38. The highest BCUT2D eigenvalue weighted by Crippen LogP contribution is 2.30. The first kappa shape index (κ1) is 29.6. The summed E-state index contributed by atoms with van der Waals surface area (Å²) in [5, 5.41) is 5.67. The third kappa shape index (κ3) is 7.47. The van der Waals surface area contributed by atoms with Crippen molar-refractivity contribution in [2.75, 3.05) is 60.9 Å². The van der Waals surface area contributed by atoms with Gasteiger partial charge in [0.1, 0.15) is 0 Å². The lowest BCUT2D eigenvalue weighted by molar-refractivity contribution is -0.114. The summed E-state index contributed by atoms with van der Waals surface area (Å²) in [5.41, 5.74) is 4.49. The average Bonchev–Trinajstić information content (AvgIpc) is 2.99. The minimum absolute atomic E-state index is 0.0439. The number of benzene rings is 3. The Morgan fingerprint density at radius 3 is 2.36 bits per heavy atom. The van der Waals surface area contributed by atoms with Gasteiger partial charge in [-0.3, -0.25) is 19.2 Å². The molecule has 0 radical (unpaired) electrons. The van der Waals surface area contributed by atoms with E-state index in [0.29, 0.717) is 30.0 Å². The summed E-state index contributed by atoms with van der Waals surface area (Å²) < 4.78 is 34.4. The number of nitrogens with zero attached hydrogens (tertiary/aromatic N) is 2. The maximum atomic E-state index is 13.5. The van der Waals surface area contributed by atoms with Crippen LogP contribution in [0.25, 0.3) is 0 Å². The number of nitrogens with one attached hydrogen (secondary N) is 3. The quantitative estimate of drug-likeness (QED) is 0.309. The molecule has 10 nitrogen and oxygen atoms in total. The number of carbonyl (C=O) groups is 2. The molecule has 0 atom stereocenters. The number of rotatable bonds is 10. The Morgan fingerprint density at radius 2 is 1.62 bits per heavy atom. The molecular formula is C31H37N5O5S. The van der Waals surface area contributed by atoms with Crippen LogP contribution in [0.1, 0.15) is 34.8 Å². The molecule has 0 saturated carbocycles. The van der Waals surface area contributed by atoms with Crippen LogP contribution in [0.15, 0.2) is 71.6 Å². The number of ether oxygens (including phenoxy) is 1. The van der Waals surface area contributed by atoms with E-state index in [1.165, 1.54) is 42.3 Å². The van der Waals surface area contributed by atoms with Gasteiger partial charge in [-0.25, -0.2) is 8.42 Å². The summed E-state index contributed by atoms with van der Waals surface area (Å²) in [5.74, 6) is -0.487. The Hall–Kier alpha value is -3.93. The van der Waals surface area contributed by atoms with Crippen molar-refractivity contribution >= 4 is 38.9 Å². The van der Waals surface area contributed by atoms with Crippen molar-refractivity contribution < 1.29 is 22.7 Å². The lowest BCUT2D eigenvalue weighted by Gasteiger charge is -2.32. The van der Waals surface area contributed by atoms with Gasteiger partial charge in [-0.1, -0.05) is 24.3 Å². The second kappa shape index (κ2) is 13.4. The van der Waals surface area contributed by atoms with Crippen LogP contribution >= 0.6 is 0 Å². The molecule has 0 unspecified atom stereocenters. The summed E-state index contributed by atoms with van der Waals surface area (Å²) >= 11 is 0. The van der Waals surface area contributed by atoms with E-state index in [9.17, 15) is 18.0 Å². The molecular weight excluding hydrogens is 554 g/mol. The summed E-state index contributed by atoms with van der Waals surface area (Å²) in [7, 11) is -3.94. The molecule has 0 aromatic heterocycles. The second-order valence-corrected chi connectivity index (χ2v) is 12.2. The summed E-state index contributed by atoms with van der Waals surface area (Å²) in [6, 6.07) is 19.3. The second-order valence-electron chi connectivity index (χ2n) is 10.5. The SMILES string of the molecule is CC(=O)Nc1ccc(S(=O)(=O)Nc2ccc(N3CCc4ccccc4C3)c(C(=O)NCCCN3CCOCC3)c2)cc1. The monoisotopic (exact) mass is 591 g/mol. The van der Waals surface area contributed by atoms with Gasteiger partial charge in [0.15, 0.2) is 0 Å². The number of morpholine rings is 1. The number of hydrogen-bond acceptors (Lipinski definition) is 7. The van der Waals surface area contributed by atoms with Crippen LogP contribution in [0.4, 0.5) is 17.1 Å². The molecule has 0 spiro atoms. The van der Waals surface area contributed by atoms with Crippen molar-refractivity contribution in [1.29, 1.82) is 0 Å². The molecule has 3 N–H and O–H groups in total. The molecule has 3 aromatic carbocycles. The topological polar surface area (TPSA) is 120 Å². The standard InChI is InChI=1S/C31H37N5O5S/c1-23(37)33-26-7-10-28(11-8-26)42(39,40)34-27-9-12-30(36-16-13-24-5-2-3-6-25(24)22-36)29(21-27)31(38)32-14-4-15-35-17-19-41-20-18-35/h2-3,5-12,21,34H,4,13-20,22H2,1H3,(H,32,38)(H,33,37). The molecule has 0 bridgehead atoms. The van der Waals surface area contributed by atoms with Crippen molar-refractivity contribution in [3.05, 3.63) is 83.4 Å². The normalized spacial score (nSPS) is 15.5. The summed E-state index contributed by atoms with van der Waals surface area (Å²) in [4.78, 5) is 29.4. The first-order chi connectivity index (χ1) is 20.3. The Morgan fingerprint density at radius 1 is 0.905 bits per heavy atom. The number of sulfonamides is 1. The van der Waals surface area contributed by atoms with Crippen LogP contribution in [0, 0.1) is 0 Å². The smallest absolute Gasteiger partial charge is 0.261 e. The largest absolute Gasteiger partial charge is 0.379 e. The fourth-order valence-electron chi connectivity index (χ4n) is 5.32. The van der Waals surface area contributed by atoms with Gasteiger partial charge in [-0.2, -0.15) is 0 Å². The van der Waals surface area contributed by atoms with E-state index in [1.54, 1.807) is 12.1 Å².